The molecule has 0 atom stereocenters. The Morgan fingerprint density at radius 1 is 1.11 bits per heavy atom. The van der Waals surface area contributed by atoms with Crippen molar-refractivity contribution in [3.8, 4) is 0 Å². The third-order valence-electron chi connectivity index (χ3n) is 4.44. The van der Waals surface area contributed by atoms with Gasteiger partial charge in [-0.25, -0.2) is 13.8 Å². The number of rotatable bonds is 5. The van der Waals surface area contributed by atoms with Crippen LogP contribution in [0.25, 0.3) is 0 Å². The van der Waals surface area contributed by atoms with Crippen molar-refractivity contribution in [3.63, 3.8) is 0 Å². The van der Waals surface area contributed by atoms with Crippen LogP contribution < -0.4 is 5.43 Å². The van der Waals surface area contributed by atoms with Gasteiger partial charge in [0.2, 0.25) is 15.9 Å². The summed E-state index contributed by atoms with van der Waals surface area (Å²) >= 11 is 3.38. The molecule has 1 saturated heterocycles. The lowest BCUT2D eigenvalue weighted by atomic mass is 9.98. The highest BCUT2D eigenvalue weighted by molar-refractivity contribution is 9.10. The SMILES string of the molecule is O=C(N/N=C\c1cccc(Br)c1)C1CCN(S(=O)(=O)c2ccccc2)CC1. The van der Waals surface area contributed by atoms with Crippen LogP contribution in [0.2, 0.25) is 0 Å². The molecule has 1 aliphatic heterocycles. The summed E-state index contributed by atoms with van der Waals surface area (Å²) in [6, 6.07) is 15.9. The van der Waals surface area contributed by atoms with Crippen LogP contribution in [-0.2, 0) is 14.8 Å². The lowest BCUT2D eigenvalue weighted by molar-refractivity contribution is -0.126. The summed E-state index contributed by atoms with van der Waals surface area (Å²) in [5.41, 5.74) is 3.42. The van der Waals surface area contributed by atoms with Gasteiger partial charge < -0.3 is 0 Å². The molecule has 1 aliphatic rings. The predicted octanol–water partition coefficient (Wildman–Crippen LogP) is 3.00. The molecule has 0 spiro atoms. The van der Waals surface area contributed by atoms with Crippen LogP contribution in [0.5, 0.6) is 0 Å². The maximum atomic E-state index is 12.6. The van der Waals surface area contributed by atoms with Crippen LogP contribution in [0.4, 0.5) is 0 Å². The number of amides is 1. The number of sulfonamides is 1. The first kappa shape index (κ1) is 19.7. The molecule has 2 aromatic rings. The molecular weight excluding hydrogens is 430 g/mol. The Hall–Kier alpha value is -2.03. The minimum Gasteiger partial charge on any atom is -0.273 e. The molecule has 0 bridgehead atoms. The number of benzene rings is 2. The molecule has 0 saturated carbocycles. The molecule has 0 unspecified atom stereocenters. The van der Waals surface area contributed by atoms with Gasteiger partial charge >= 0.3 is 0 Å². The lowest BCUT2D eigenvalue weighted by Gasteiger charge is -2.30. The van der Waals surface area contributed by atoms with Crippen molar-refractivity contribution in [1.29, 1.82) is 0 Å². The number of hydrazone groups is 1. The van der Waals surface area contributed by atoms with Crippen molar-refractivity contribution >= 4 is 38.1 Å². The van der Waals surface area contributed by atoms with Crippen molar-refractivity contribution in [2.24, 2.45) is 11.0 Å². The van der Waals surface area contributed by atoms with Gasteiger partial charge in [-0.2, -0.15) is 9.41 Å². The van der Waals surface area contributed by atoms with Crippen LogP contribution >= 0.6 is 15.9 Å². The molecule has 6 nitrogen and oxygen atoms in total. The fourth-order valence-electron chi connectivity index (χ4n) is 2.95. The highest BCUT2D eigenvalue weighted by Gasteiger charge is 2.31. The highest BCUT2D eigenvalue weighted by Crippen LogP contribution is 2.23. The first-order valence-electron chi connectivity index (χ1n) is 8.60. The van der Waals surface area contributed by atoms with Crippen molar-refractivity contribution in [2.45, 2.75) is 17.7 Å². The quantitative estimate of drug-likeness (QED) is 0.562. The molecule has 0 aromatic heterocycles. The number of halogens is 1. The Kier molecular flexibility index (Phi) is 6.41. The number of carbonyl (C=O) groups excluding carboxylic acids is 1. The van der Waals surface area contributed by atoms with E-state index in [9.17, 15) is 13.2 Å². The molecule has 2 aromatic carbocycles. The fraction of sp³-hybridized carbons (Fsp3) is 0.263. The summed E-state index contributed by atoms with van der Waals surface area (Å²) in [6.45, 7) is 0.648. The average Bonchev–Trinajstić information content (AvgIpc) is 2.69. The summed E-state index contributed by atoms with van der Waals surface area (Å²) in [5, 5.41) is 4.00. The first-order valence-corrected chi connectivity index (χ1v) is 10.8. The van der Waals surface area contributed by atoms with Crippen molar-refractivity contribution in [2.75, 3.05) is 13.1 Å². The third-order valence-corrected chi connectivity index (χ3v) is 6.85. The zero-order valence-electron chi connectivity index (χ0n) is 14.6. The van der Waals surface area contributed by atoms with Gasteiger partial charge in [0.1, 0.15) is 0 Å². The second kappa shape index (κ2) is 8.77. The molecule has 1 fully saturated rings. The Labute approximate surface area is 167 Å². The summed E-state index contributed by atoms with van der Waals surface area (Å²) in [7, 11) is -3.50. The second-order valence-electron chi connectivity index (χ2n) is 6.28. The van der Waals surface area contributed by atoms with Crippen molar-refractivity contribution < 1.29 is 13.2 Å². The minimum absolute atomic E-state index is 0.182. The summed E-state index contributed by atoms with van der Waals surface area (Å²) in [6.07, 6.45) is 2.53. The van der Waals surface area contributed by atoms with Gasteiger partial charge in [-0.1, -0.05) is 46.3 Å². The van der Waals surface area contributed by atoms with Crippen LogP contribution in [0.1, 0.15) is 18.4 Å². The predicted molar refractivity (Wildman–Crippen MR) is 108 cm³/mol. The minimum atomic E-state index is -3.50. The van der Waals surface area contributed by atoms with Crippen LogP contribution in [0.15, 0.2) is 69.1 Å². The molecule has 1 amide bonds. The lowest BCUT2D eigenvalue weighted by Crippen LogP contribution is -2.42. The zero-order valence-corrected chi connectivity index (χ0v) is 17.0. The van der Waals surface area contributed by atoms with E-state index in [1.54, 1.807) is 36.5 Å². The molecule has 0 aliphatic carbocycles. The smallest absolute Gasteiger partial charge is 0.243 e. The van der Waals surface area contributed by atoms with Crippen molar-refractivity contribution in [3.05, 3.63) is 64.6 Å². The summed E-state index contributed by atoms with van der Waals surface area (Å²) in [5.74, 6) is -0.426. The van der Waals surface area contributed by atoms with E-state index in [0.717, 1.165) is 10.0 Å². The van der Waals surface area contributed by atoms with Crippen LogP contribution in [0, 0.1) is 5.92 Å². The van der Waals surface area contributed by atoms with E-state index in [2.05, 4.69) is 26.5 Å². The zero-order chi connectivity index (χ0) is 19.3. The normalized spacial score (nSPS) is 16.5. The first-order chi connectivity index (χ1) is 13.0. The number of nitrogens with zero attached hydrogens (tertiary/aromatic N) is 2. The average molecular weight is 450 g/mol. The van der Waals surface area contributed by atoms with Gasteiger partial charge in [-0.15, -0.1) is 0 Å². The topological polar surface area (TPSA) is 78.8 Å². The molecule has 27 heavy (non-hydrogen) atoms. The molecule has 0 radical (unpaired) electrons. The summed E-state index contributed by atoms with van der Waals surface area (Å²) < 4.78 is 27.6. The van der Waals surface area contributed by atoms with E-state index in [-0.39, 0.29) is 16.7 Å². The maximum absolute atomic E-state index is 12.6. The molecule has 8 heteroatoms. The number of piperidine rings is 1. The van der Waals surface area contributed by atoms with Crippen LogP contribution in [-0.4, -0.2) is 37.9 Å². The molecule has 142 valence electrons. The van der Waals surface area contributed by atoms with E-state index < -0.39 is 10.0 Å². The monoisotopic (exact) mass is 449 g/mol. The Morgan fingerprint density at radius 3 is 2.48 bits per heavy atom. The number of nitrogens with one attached hydrogen (secondary N) is 1. The maximum Gasteiger partial charge on any atom is 0.243 e. The van der Waals surface area contributed by atoms with E-state index in [0.29, 0.717) is 25.9 Å². The number of hydrogen-bond donors (Lipinski definition) is 1. The Morgan fingerprint density at radius 2 is 1.81 bits per heavy atom. The van der Waals surface area contributed by atoms with Gasteiger partial charge in [0.15, 0.2) is 0 Å². The van der Waals surface area contributed by atoms with Crippen molar-refractivity contribution in [1.82, 2.24) is 9.73 Å². The van der Waals surface area contributed by atoms with Crippen LogP contribution in [0.3, 0.4) is 0 Å². The van der Waals surface area contributed by atoms with E-state index in [1.807, 2.05) is 24.3 Å². The molecule has 1 N–H and O–H groups in total. The van der Waals surface area contributed by atoms with Gasteiger partial charge in [-0.3, -0.25) is 4.79 Å². The third kappa shape index (κ3) is 5.03. The Bertz CT molecular complexity index is 924. The van der Waals surface area contributed by atoms with E-state index >= 15 is 0 Å². The second-order valence-corrected chi connectivity index (χ2v) is 9.13. The number of hydrogen-bond acceptors (Lipinski definition) is 4. The van der Waals surface area contributed by atoms with Gasteiger partial charge in [0.25, 0.3) is 0 Å². The van der Waals surface area contributed by atoms with E-state index in [4.69, 9.17) is 0 Å². The van der Waals surface area contributed by atoms with Gasteiger partial charge in [0, 0.05) is 23.5 Å². The summed E-state index contributed by atoms with van der Waals surface area (Å²) in [4.78, 5) is 12.6. The molecular formula is C19H20BrN3O3S. The largest absolute Gasteiger partial charge is 0.273 e. The molecule has 3 rings (SSSR count). The van der Waals surface area contributed by atoms with Gasteiger partial charge in [-0.05, 0) is 42.7 Å². The number of carbonyl (C=O) groups is 1. The fourth-order valence-corrected chi connectivity index (χ4v) is 4.86. The highest BCUT2D eigenvalue weighted by atomic mass is 79.9. The van der Waals surface area contributed by atoms with E-state index in [1.165, 1.54) is 4.31 Å². The standard InChI is InChI=1S/C19H20BrN3O3S/c20-17-6-4-5-15(13-17)14-21-22-19(24)16-9-11-23(12-10-16)27(25,26)18-7-2-1-3-8-18/h1-8,13-14,16H,9-12H2,(H,22,24)/b21-14-. The van der Waals surface area contributed by atoms with Gasteiger partial charge in [0.05, 0.1) is 11.1 Å². The molecule has 1 heterocycles. The Balaban J connectivity index is 1.53.